The fourth-order valence-electron chi connectivity index (χ4n) is 11.0. The van der Waals surface area contributed by atoms with E-state index < -0.39 is 5.97 Å². The summed E-state index contributed by atoms with van der Waals surface area (Å²) < 4.78 is 39.3. The summed E-state index contributed by atoms with van der Waals surface area (Å²) in [6.07, 6.45) is 19.2. The summed E-state index contributed by atoms with van der Waals surface area (Å²) in [5.74, 6) is 3.52. The van der Waals surface area contributed by atoms with E-state index in [1.807, 2.05) is 74.8 Å². The van der Waals surface area contributed by atoms with Crippen LogP contribution in [0.4, 0.5) is 0 Å². The molecule has 3 amide bonds. The summed E-state index contributed by atoms with van der Waals surface area (Å²) in [4.78, 5) is 117. The number of esters is 2. The van der Waals surface area contributed by atoms with Gasteiger partial charge in [0.2, 0.25) is 23.0 Å². The maximum Gasteiger partial charge on any atom is 2.00 e. The Hall–Kier alpha value is -8.88. The quantitative estimate of drug-likeness (QED) is 0.00900. The molecule has 2 N–H and O–H groups in total. The molecule has 1 aliphatic rings. The predicted molar refractivity (Wildman–Crippen MR) is 471 cm³/mol. The van der Waals surface area contributed by atoms with Crippen molar-refractivity contribution in [1.82, 2.24) is 14.7 Å². The van der Waals surface area contributed by atoms with E-state index in [-0.39, 0.29) is 110 Å². The number of rotatable bonds is 41. The monoisotopic (exact) mass is 1760 g/mol. The van der Waals surface area contributed by atoms with Gasteiger partial charge in [0.25, 0.3) is 0 Å². The SMILES string of the molecule is C1CCOC1.CN(C)C(=O)CCCCC(C)(C)c1cccc(O)c1.COC(=O)CCCCC(=O)c1cccc(OC)c1.COC(=O)CCCCCC(=O)Cl.COc1c[c-]ccc1.COc1cccc(C(=O)CCCCC(=O)N(C)C)c1.COc1cccc(C(=O)CCCCC(=O)O)c1.COc1cccc(C(C)(C)CCCCC(=O)N(C)C)c1.[Br-].[Mg+2]. The number of aromatic hydroxyl groups is 1. The molecule has 23 nitrogen and oxygen atoms in total. The number of carbonyl (C=O) groups is 10. The first kappa shape index (κ1) is 115. The third-order valence-electron chi connectivity index (χ3n) is 18.6. The average Bonchev–Trinajstić information content (AvgIpc) is 1.18. The number of carboxylic acid groups (broad SMARTS) is 1. The van der Waals surface area contributed by atoms with Crippen LogP contribution in [0.25, 0.3) is 0 Å². The summed E-state index contributed by atoms with van der Waals surface area (Å²) in [5, 5.41) is 17.7. The van der Waals surface area contributed by atoms with E-state index in [0.29, 0.717) is 123 Å². The number of nitrogens with zero attached hydrogens (tertiary/aromatic N) is 3. The van der Waals surface area contributed by atoms with Gasteiger partial charge in [-0.3, -0.25) is 47.9 Å². The van der Waals surface area contributed by atoms with E-state index in [9.17, 15) is 53.1 Å². The molecule has 0 spiro atoms. The van der Waals surface area contributed by atoms with Crippen LogP contribution < -0.4 is 40.7 Å². The van der Waals surface area contributed by atoms with Crippen LogP contribution in [0.1, 0.15) is 243 Å². The number of phenolic OH excluding ortho intramolecular Hbond substituents is 1. The first-order chi connectivity index (χ1) is 56.1. The molecule has 6 aromatic carbocycles. The topological polar surface area (TPSA) is 295 Å². The van der Waals surface area contributed by atoms with Gasteiger partial charge >= 0.3 is 41.0 Å². The van der Waals surface area contributed by atoms with Crippen LogP contribution in [-0.2, 0) is 58.6 Å². The van der Waals surface area contributed by atoms with E-state index in [1.54, 1.807) is 151 Å². The Bertz CT molecular complexity index is 3850. The van der Waals surface area contributed by atoms with E-state index >= 15 is 0 Å². The van der Waals surface area contributed by atoms with Crippen LogP contribution in [0.15, 0.2) is 146 Å². The Kier molecular flexibility index (Phi) is 67.0. The minimum absolute atomic E-state index is 0. The van der Waals surface area contributed by atoms with Gasteiger partial charge in [-0.15, -0.1) is 12.1 Å². The number of benzene rings is 6. The summed E-state index contributed by atoms with van der Waals surface area (Å²) in [6, 6.07) is 47.2. The van der Waals surface area contributed by atoms with Crippen molar-refractivity contribution in [2.75, 3.05) is 105 Å². The second kappa shape index (κ2) is 69.7. The number of amides is 3. The van der Waals surface area contributed by atoms with E-state index in [4.69, 9.17) is 45.1 Å². The number of ether oxygens (including phenoxy) is 8. The molecule has 0 bridgehead atoms. The van der Waals surface area contributed by atoms with Gasteiger partial charge in [0.1, 0.15) is 28.7 Å². The van der Waals surface area contributed by atoms with Gasteiger partial charge in [-0.25, -0.2) is 0 Å². The molecule has 0 aromatic heterocycles. The molecule has 1 fully saturated rings. The Morgan fingerprint density at radius 3 is 1.03 bits per heavy atom. The van der Waals surface area contributed by atoms with E-state index in [2.05, 4.69) is 55.4 Å². The zero-order chi connectivity index (χ0) is 88.7. The summed E-state index contributed by atoms with van der Waals surface area (Å²) in [7, 11) is 21.4. The van der Waals surface area contributed by atoms with Crippen molar-refractivity contribution in [3.05, 3.63) is 179 Å². The van der Waals surface area contributed by atoms with Gasteiger partial charge < -0.3 is 79.8 Å². The number of hydrogen-bond acceptors (Lipinski definition) is 19. The Morgan fingerprint density at radius 1 is 0.400 bits per heavy atom. The summed E-state index contributed by atoms with van der Waals surface area (Å²) in [6.45, 7) is 10.8. The van der Waals surface area contributed by atoms with Crippen LogP contribution in [-0.4, -0.2) is 211 Å². The van der Waals surface area contributed by atoms with Gasteiger partial charge in [0.15, 0.2) is 17.3 Å². The molecule has 7 rings (SSSR count). The Labute approximate surface area is 746 Å². The number of halogens is 2. The fourth-order valence-corrected chi connectivity index (χ4v) is 11.2. The van der Waals surface area contributed by atoms with Gasteiger partial charge in [-0.05, 0) is 184 Å². The number of unbranched alkanes of at least 4 members (excludes halogenated alkanes) is 7. The number of Topliss-reactive ketones (excluding diaryl/α,β-unsaturated/α-hetero) is 3. The number of carboxylic acids is 1. The first-order valence-corrected chi connectivity index (χ1v) is 40.7. The molecule has 0 saturated carbocycles. The van der Waals surface area contributed by atoms with Crippen molar-refractivity contribution in [3.63, 3.8) is 0 Å². The van der Waals surface area contributed by atoms with Gasteiger partial charge in [0, 0.05) is 142 Å². The second-order valence-electron chi connectivity index (χ2n) is 29.6. The van der Waals surface area contributed by atoms with Gasteiger partial charge in [0.05, 0.1) is 49.8 Å². The van der Waals surface area contributed by atoms with Crippen molar-refractivity contribution in [1.29, 1.82) is 0 Å². The van der Waals surface area contributed by atoms with Gasteiger partial charge in [-0.1, -0.05) is 108 Å². The Balaban J connectivity index is -0.00000133. The standard InChI is InChI=1S/C17H27NO2.C16H25NO2.C15H21NO3.C14H18O4.C13H16O4.C8H13ClO3.C7H7O.C4H8O.BrH.Mg/c1-17(2,12-7-6-11-16(19)18(3)4)14-9-8-10-15(13-14)20-5;1-16(2,13-8-7-9-14(18)12-13)11-6-5-10-15(19)17(3)4;1-16(2)15(18)10-5-4-9-14(17)12-7-6-8-13(11-12)19-3;1-17-12-7-5-6-11(10-12)13(15)8-3-4-9-14(16)18-2;1-17-11-6-4-5-10(9-11)12(14)7-2-3-8-13(15)16;1-12-8(11)6-4-2-3-5-7(9)10;1-8-7-5-3-2-4-6-7;1-2-4-5-3-1;;/h8-10,13H,6-7,11-12H2,1-5H3;7-9,12,18H,5-6,10-11H2,1-4H3;6-8,11H,4-5,9-10H2,1-3H3;5-7,10H,3-4,8-9H2,1-2H3;4-6,9H,2-3,7-8H2,1H3,(H,15,16);2-6H2,1H3;2-3,5-6H,1H3;1-4H2;1H;/q;;;;;;-1;;;+2/p-1. The molecule has 1 saturated heterocycles. The normalized spacial score (nSPS) is 10.7. The molecule has 0 radical (unpaired) electrons. The number of phenols is 1. The van der Waals surface area contributed by atoms with Crippen molar-refractivity contribution in [3.8, 4) is 34.5 Å². The molecule has 120 heavy (non-hydrogen) atoms. The second-order valence-corrected chi connectivity index (χ2v) is 30.1. The molecule has 0 unspecified atom stereocenters. The number of ketones is 3. The average molecular weight is 1770 g/mol. The third kappa shape index (κ3) is 57.4. The van der Waals surface area contributed by atoms with Crippen LogP contribution in [0.5, 0.6) is 34.5 Å². The summed E-state index contributed by atoms with van der Waals surface area (Å²) in [5.41, 5.74) is 4.49. The smallest absolute Gasteiger partial charge is 1.00 e. The number of hydrogen-bond donors (Lipinski definition) is 2. The summed E-state index contributed by atoms with van der Waals surface area (Å²) >= 11 is 5.12. The predicted octanol–water partition coefficient (Wildman–Crippen LogP) is 15.4. The third-order valence-corrected chi connectivity index (χ3v) is 18.8. The van der Waals surface area contributed by atoms with E-state index in [0.717, 1.165) is 101 Å². The zero-order valence-corrected chi connectivity index (χ0v) is 78.2. The first-order valence-electron chi connectivity index (χ1n) is 40.3. The van der Waals surface area contributed by atoms with Crippen molar-refractivity contribution in [2.45, 2.75) is 212 Å². The minimum Gasteiger partial charge on any atom is -1.00 e. The maximum atomic E-state index is 11.9. The zero-order valence-electron chi connectivity index (χ0n) is 74.4. The Morgan fingerprint density at radius 2 is 0.717 bits per heavy atom. The molecule has 1 aliphatic heterocycles. The van der Waals surface area contributed by atoms with Crippen LogP contribution in [0, 0.1) is 6.07 Å². The molecule has 1 heterocycles. The molecule has 0 atom stereocenters. The molecule has 26 heteroatoms. The van der Waals surface area contributed by atoms with Crippen LogP contribution in [0.3, 0.4) is 0 Å². The van der Waals surface area contributed by atoms with Crippen LogP contribution >= 0.6 is 11.6 Å². The number of aliphatic carboxylic acids is 1. The van der Waals surface area contributed by atoms with E-state index in [1.165, 1.54) is 32.6 Å². The minimum atomic E-state index is -0.821. The van der Waals surface area contributed by atoms with Crippen molar-refractivity contribution < 1.29 is 113 Å². The number of carbonyl (C=O) groups excluding carboxylic acids is 9. The molecule has 6 aromatic rings. The molecular weight excluding hydrogens is 1630 g/mol. The molecule has 662 valence electrons. The van der Waals surface area contributed by atoms with Crippen LogP contribution in [0.2, 0.25) is 0 Å². The van der Waals surface area contributed by atoms with Crippen molar-refractivity contribution in [2.24, 2.45) is 0 Å². The van der Waals surface area contributed by atoms with Gasteiger partial charge in [-0.2, -0.15) is 18.2 Å². The van der Waals surface area contributed by atoms with Crippen molar-refractivity contribution >= 4 is 92.9 Å². The molecule has 0 aliphatic carbocycles. The largest absolute Gasteiger partial charge is 2.00 e. The molecular formula is C94H135BrClMgN3O20. The fraction of sp³-hybridized carbons (Fsp3) is 0.511. The number of methoxy groups -OCH3 is 7. The maximum absolute atomic E-state index is 11.9.